The topological polar surface area (TPSA) is 35.5 Å². The fourth-order valence-corrected chi connectivity index (χ4v) is 1.78. The molecular formula is C11H18O3. The van der Waals surface area contributed by atoms with Crippen LogP contribution in [0.25, 0.3) is 0 Å². The lowest BCUT2D eigenvalue weighted by atomic mass is 9.84. The van der Waals surface area contributed by atoms with Gasteiger partial charge in [0.2, 0.25) is 0 Å². The van der Waals surface area contributed by atoms with Gasteiger partial charge in [0.05, 0.1) is 6.61 Å². The Morgan fingerprint density at radius 3 is 2.57 bits per heavy atom. The highest BCUT2D eigenvalue weighted by Crippen LogP contribution is 2.29. The second-order valence-electron chi connectivity index (χ2n) is 3.64. The molecule has 0 amide bonds. The van der Waals surface area contributed by atoms with E-state index in [1.807, 2.05) is 0 Å². The van der Waals surface area contributed by atoms with Crippen molar-refractivity contribution in [1.29, 1.82) is 0 Å². The van der Waals surface area contributed by atoms with Crippen LogP contribution in [0.1, 0.15) is 39.0 Å². The minimum absolute atomic E-state index is 0.303. The molecule has 0 spiro atoms. The van der Waals surface area contributed by atoms with Crippen molar-refractivity contribution >= 4 is 5.97 Å². The van der Waals surface area contributed by atoms with Gasteiger partial charge in [0.15, 0.2) is 0 Å². The van der Waals surface area contributed by atoms with Crippen LogP contribution in [0.2, 0.25) is 0 Å². The van der Waals surface area contributed by atoms with Crippen LogP contribution in [-0.2, 0) is 14.6 Å². The van der Waals surface area contributed by atoms with E-state index in [0.717, 1.165) is 12.8 Å². The summed E-state index contributed by atoms with van der Waals surface area (Å²) in [6, 6.07) is 0. The quantitative estimate of drug-likeness (QED) is 0.395. The Morgan fingerprint density at radius 2 is 2.00 bits per heavy atom. The number of carbonyl (C=O) groups is 1. The molecule has 80 valence electrons. The molecule has 0 atom stereocenters. The van der Waals surface area contributed by atoms with Gasteiger partial charge in [0.25, 0.3) is 0 Å². The third-order valence-corrected chi connectivity index (χ3v) is 2.61. The van der Waals surface area contributed by atoms with Crippen LogP contribution in [0.3, 0.4) is 0 Å². The maximum atomic E-state index is 11.4. The summed E-state index contributed by atoms with van der Waals surface area (Å²) in [7, 11) is 0. The van der Waals surface area contributed by atoms with Gasteiger partial charge in [0.1, 0.15) is 0 Å². The summed E-state index contributed by atoms with van der Waals surface area (Å²) in [5.74, 6) is -0.101. The normalized spacial score (nSPS) is 17.8. The maximum Gasteiger partial charge on any atom is 0.368 e. The first-order chi connectivity index (χ1) is 6.75. The van der Waals surface area contributed by atoms with Crippen LogP contribution in [-0.4, -0.2) is 12.6 Å². The minimum Gasteiger partial charge on any atom is -0.293 e. The summed E-state index contributed by atoms with van der Waals surface area (Å²) >= 11 is 0. The van der Waals surface area contributed by atoms with Crippen molar-refractivity contribution < 1.29 is 14.6 Å². The van der Waals surface area contributed by atoms with Crippen LogP contribution in [0, 0.1) is 5.92 Å². The Morgan fingerprint density at radius 1 is 1.36 bits per heavy atom. The number of rotatable bonds is 4. The maximum absolute atomic E-state index is 11.4. The molecule has 0 aromatic carbocycles. The summed E-state index contributed by atoms with van der Waals surface area (Å²) in [6.45, 7) is 5.93. The second kappa shape index (κ2) is 5.81. The molecule has 0 aromatic rings. The molecule has 0 bridgehead atoms. The van der Waals surface area contributed by atoms with Crippen molar-refractivity contribution in [2.75, 3.05) is 6.61 Å². The first-order valence-corrected chi connectivity index (χ1v) is 5.28. The zero-order valence-corrected chi connectivity index (χ0v) is 8.75. The van der Waals surface area contributed by atoms with Gasteiger partial charge in [-0.2, -0.15) is 4.89 Å². The van der Waals surface area contributed by atoms with Crippen molar-refractivity contribution in [2.24, 2.45) is 5.92 Å². The van der Waals surface area contributed by atoms with E-state index < -0.39 is 5.97 Å². The van der Waals surface area contributed by atoms with Gasteiger partial charge in [0, 0.05) is 5.57 Å². The molecular weight excluding hydrogens is 180 g/mol. The van der Waals surface area contributed by atoms with Crippen molar-refractivity contribution in [1.82, 2.24) is 0 Å². The zero-order valence-electron chi connectivity index (χ0n) is 8.75. The highest BCUT2D eigenvalue weighted by Gasteiger charge is 2.22. The third kappa shape index (κ3) is 3.14. The molecule has 0 N–H and O–H groups in total. The Labute approximate surface area is 85.0 Å². The van der Waals surface area contributed by atoms with Gasteiger partial charge >= 0.3 is 5.97 Å². The molecule has 3 heteroatoms. The lowest BCUT2D eigenvalue weighted by molar-refractivity contribution is -0.266. The average Bonchev–Trinajstić information content (AvgIpc) is 2.26. The highest BCUT2D eigenvalue weighted by atomic mass is 17.2. The first-order valence-electron chi connectivity index (χ1n) is 5.28. The molecule has 0 heterocycles. The van der Waals surface area contributed by atoms with Crippen LogP contribution in [0.5, 0.6) is 0 Å². The lowest BCUT2D eigenvalue weighted by Crippen LogP contribution is -2.17. The number of hydrogen-bond donors (Lipinski definition) is 0. The van der Waals surface area contributed by atoms with E-state index in [1.165, 1.54) is 19.3 Å². The molecule has 1 rings (SSSR count). The van der Waals surface area contributed by atoms with Gasteiger partial charge in [-0.25, -0.2) is 4.79 Å². The van der Waals surface area contributed by atoms with Gasteiger partial charge in [-0.05, 0) is 25.7 Å². The van der Waals surface area contributed by atoms with Crippen molar-refractivity contribution in [2.45, 2.75) is 39.0 Å². The molecule has 0 unspecified atom stereocenters. The summed E-state index contributed by atoms with van der Waals surface area (Å²) in [5, 5.41) is 0. The van der Waals surface area contributed by atoms with Crippen LogP contribution in [0.15, 0.2) is 12.2 Å². The fraction of sp³-hybridized carbons (Fsp3) is 0.727. The monoisotopic (exact) mass is 198 g/mol. The van der Waals surface area contributed by atoms with E-state index in [9.17, 15) is 4.79 Å². The summed E-state index contributed by atoms with van der Waals surface area (Å²) in [5.41, 5.74) is 0.568. The average molecular weight is 198 g/mol. The van der Waals surface area contributed by atoms with Gasteiger partial charge in [-0.15, -0.1) is 0 Å². The zero-order chi connectivity index (χ0) is 10.4. The van der Waals surface area contributed by atoms with Crippen molar-refractivity contribution in [3.05, 3.63) is 12.2 Å². The van der Waals surface area contributed by atoms with Crippen LogP contribution in [0.4, 0.5) is 0 Å². The molecule has 14 heavy (non-hydrogen) atoms. The van der Waals surface area contributed by atoms with E-state index in [-0.39, 0.29) is 0 Å². The SMILES string of the molecule is C=C(C(=O)OOCC)C1CCCCC1. The number of hydrogen-bond acceptors (Lipinski definition) is 3. The van der Waals surface area contributed by atoms with E-state index in [0.29, 0.717) is 18.1 Å². The fourth-order valence-electron chi connectivity index (χ4n) is 1.78. The molecule has 0 radical (unpaired) electrons. The summed E-state index contributed by atoms with van der Waals surface area (Å²) in [4.78, 5) is 20.5. The molecule has 0 aromatic heterocycles. The van der Waals surface area contributed by atoms with E-state index >= 15 is 0 Å². The third-order valence-electron chi connectivity index (χ3n) is 2.61. The Balaban J connectivity index is 2.34. The van der Waals surface area contributed by atoms with E-state index in [1.54, 1.807) is 6.92 Å². The van der Waals surface area contributed by atoms with Gasteiger partial charge < -0.3 is 0 Å². The van der Waals surface area contributed by atoms with Crippen molar-refractivity contribution in [3.63, 3.8) is 0 Å². The van der Waals surface area contributed by atoms with E-state index in [4.69, 9.17) is 0 Å². The van der Waals surface area contributed by atoms with E-state index in [2.05, 4.69) is 16.4 Å². The Kier molecular flexibility index (Phi) is 4.66. The molecule has 1 saturated carbocycles. The van der Waals surface area contributed by atoms with Crippen LogP contribution < -0.4 is 0 Å². The Bertz CT molecular complexity index is 205. The Hall–Kier alpha value is -0.830. The predicted octanol–water partition coefficient (Wildman–Crippen LogP) is 2.62. The largest absolute Gasteiger partial charge is 0.368 e. The first kappa shape index (κ1) is 11.2. The van der Waals surface area contributed by atoms with Gasteiger partial charge in [-0.3, -0.25) is 4.89 Å². The minimum atomic E-state index is -0.404. The lowest BCUT2D eigenvalue weighted by Gasteiger charge is -2.21. The number of carbonyl (C=O) groups excluding carboxylic acids is 1. The molecule has 1 aliphatic carbocycles. The molecule has 0 saturated heterocycles. The summed E-state index contributed by atoms with van der Waals surface area (Å²) in [6.07, 6.45) is 5.75. The predicted molar refractivity (Wildman–Crippen MR) is 53.4 cm³/mol. The molecule has 1 fully saturated rings. The highest BCUT2D eigenvalue weighted by molar-refractivity contribution is 5.87. The molecule has 3 nitrogen and oxygen atoms in total. The standard InChI is InChI=1S/C11H18O3/c1-3-13-14-11(12)9(2)10-7-5-4-6-8-10/h10H,2-8H2,1H3. The smallest absolute Gasteiger partial charge is 0.293 e. The molecule has 1 aliphatic rings. The summed E-state index contributed by atoms with van der Waals surface area (Å²) < 4.78 is 0. The van der Waals surface area contributed by atoms with Gasteiger partial charge in [-0.1, -0.05) is 25.8 Å². The van der Waals surface area contributed by atoms with Crippen LogP contribution >= 0.6 is 0 Å². The second-order valence-corrected chi connectivity index (χ2v) is 3.64. The molecule has 0 aliphatic heterocycles. The van der Waals surface area contributed by atoms with Crippen molar-refractivity contribution in [3.8, 4) is 0 Å².